The lowest BCUT2D eigenvalue weighted by atomic mass is 9.77. The van der Waals surface area contributed by atoms with Crippen LogP contribution in [0.3, 0.4) is 0 Å². The Hall–Kier alpha value is -1.22. The Morgan fingerprint density at radius 1 is 0.833 bits per heavy atom. The van der Waals surface area contributed by atoms with Crippen LogP contribution in [-0.4, -0.2) is 68.3 Å². The molecule has 8 nitrogen and oxygen atoms in total. The van der Waals surface area contributed by atoms with Crippen LogP contribution in [0.5, 0.6) is 0 Å². The SMILES string of the molecule is CCCCC(CCCO)(C(=O)OC1CC(C)(C)NC(C)(C)C1)C(=O)OC1CC(C)(C)N(O)C(C)(C)C1. The summed E-state index contributed by atoms with van der Waals surface area (Å²) >= 11 is 0. The van der Waals surface area contributed by atoms with Crippen molar-refractivity contribution >= 4 is 11.9 Å². The van der Waals surface area contributed by atoms with Gasteiger partial charge in [-0.15, -0.1) is 0 Å². The second kappa shape index (κ2) is 11.3. The average molecular weight is 513 g/mol. The zero-order chi connectivity index (χ0) is 27.6. The number of carbonyl (C=O) groups is 2. The number of hydrogen-bond acceptors (Lipinski definition) is 8. The first kappa shape index (κ1) is 31.0. The Bertz CT molecular complexity index is 734. The van der Waals surface area contributed by atoms with E-state index in [-0.39, 0.29) is 30.2 Å². The summed E-state index contributed by atoms with van der Waals surface area (Å²) in [6, 6.07) is 0. The molecule has 0 aliphatic carbocycles. The van der Waals surface area contributed by atoms with Gasteiger partial charge in [-0.1, -0.05) is 19.8 Å². The summed E-state index contributed by atoms with van der Waals surface area (Å²) in [5, 5.41) is 25.2. The van der Waals surface area contributed by atoms with Gasteiger partial charge in [0.15, 0.2) is 5.41 Å². The molecule has 2 rings (SSSR count). The molecule has 2 aliphatic heterocycles. The van der Waals surface area contributed by atoms with Gasteiger partial charge in [-0.25, -0.2) is 0 Å². The summed E-state index contributed by atoms with van der Waals surface area (Å²) < 4.78 is 12.2. The molecule has 0 radical (unpaired) electrons. The van der Waals surface area contributed by atoms with Crippen LogP contribution in [0.15, 0.2) is 0 Å². The van der Waals surface area contributed by atoms with Gasteiger partial charge in [0.1, 0.15) is 12.2 Å². The molecular weight excluding hydrogens is 460 g/mol. The van der Waals surface area contributed by atoms with Crippen molar-refractivity contribution in [3.8, 4) is 0 Å². The Morgan fingerprint density at radius 2 is 1.25 bits per heavy atom. The van der Waals surface area contributed by atoms with Gasteiger partial charge in [0.05, 0.1) is 0 Å². The number of unbranched alkanes of at least 4 members (excludes halogenated alkanes) is 1. The molecule has 3 N–H and O–H groups in total. The normalized spacial score (nSPS) is 25.6. The zero-order valence-corrected chi connectivity index (χ0v) is 24.2. The second-order valence-corrected chi connectivity index (χ2v) is 13.7. The maximum Gasteiger partial charge on any atom is 0.323 e. The molecule has 1 unspecified atom stereocenters. The minimum atomic E-state index is -1.46. The molecule has 210 valence electrons. The number of esters is 2. The van der Waals surface area contributed by atoms with Gasteiger partial charge in [-0.05, 0) is 74.7 Å². The molecule has 1 atom stereocenters. The fourth-order valence-corrected chi connectivity index (χ4v) is 6.58. The lowest BCUT2D eigenvalue weighted by Crippen LogP contribution is -2.61. The largest absolute Gasteiger partial charge is 0.461 e. The molecule has 0 saturated carbocycles. The zero-order valence-electron chi connectivity index (χ0n) is 24.2. The van der Waals surface area contributed by atoms with E-state index in [1.54, 1.807) is 0 Å². The van der Waals surface area contributed by atoms with Crippen molar-refractivity contribution in [3.63, 3.8) is 0 Å². The van der Waals surface area contributed by atoms with Gasteiger partial charge in [0.25, 0.3) is 0 Å². The van der Waals surface area contributed by atoms with Crippen LogP contribution in [0.1, 0.15) is 120 Å². The third-order valence-corrected chi connectivity index (χ3v) is 7.80. The van der Waals surface area contributed by atoms with Gasteiger partial charge < -0.3 is 25.1 Å². The van der Waals surface area contributed by atoms with Crippen LogP contribution in [-0.2, 0) is 19.1 Å². The van der Waals surface area contributed by atoms with Gasteiger partial charge in [-0.2, -0.15) is 5.06 Å². The fourth-order valence-electron chi connectivity index (χ4n) is 6.58. The number of nitrogens with one attached hydrogen (secondary N) is 1. The smallest absolute Gasteiger partial charge is 0.323 e. The summed E-state index contributed by atoms with van der Waals surface area (Å²) in [5.41, 5.74) is -3.05. The number of hydroxylamine groups is 2. The molecule has 2 saturated heterocycles. The lowest BCUT2D eigenvalue weighted by Gasteiger charge is -2.51. The highest BCUT2D eigenvalue weighted by atomic mass is 16.6. The summed E-state index contributed by atoms with van der Waals surface area (Å²) in [5.74, 6) is -1.10. The van der Waals surface area contributed by atoms with Gasteiger partial charge in [0.2, 0.25) is 0 Å². The fraction of sp³-hybridized carbons (Fsp3) is 0.929. The van der Waals surface area contributed by atoms with Crippen LogP contribution in [0.2, 0.25) is 0 Å². The molecule has 2 fully saturated rings. The summed E-state index contributed by atoms with van der Waals surface area (Å²) in [6.07, 6.45) is 3.76. The van der Waals surface area contributed by atoms with E-state index in [0.29, 0.717) is 44.9 Å². The summed E-state index contributed by atoms with van der Waals surface area (Å²) in [7, 11) is 0. The van der Waals surface area contributed by atoms with E-state index in [9.17, 15) is 19.9 Å². The minimum absolute atomic E-state index is 0.120. The predicted molar refractivity (Wildman–Crippen MR) is 140 cm³/mol. The van der Waals surface area contributed by atoms with Crippen molar-refractivity contribution in [2.45, 2.75) is 154 Å². The highest BCUT2D eigenvalue weighted by Gasteiger charge is 2.52. The van der Waals surface area contributed by atoms with Crippen molar-refractivity contribution in [1.82, 2.24) is 10.4 Å². The van der Waals surface area contributed by atoms with E-state index in [2.05, 4.69) is 33.0 Å². The number of aliphatic hydroxyl groups is 1. The molecule has 2 aliphatic rings. The Morgan fingerprint density at radius 3 is 1.67 bits per heavy atom. The van der Waals surface area contributed by atoms with Crippen molar-refractivity contribution in [2.75, 3.05) is 6.61 Å². The van der Waals surface area contributed by atoms with Crippen LogP contribution >= 0.6 is 0 Å². The molecule has 0 aromatic carbocycles. The maximum absolute atomic E-state index is 13.9. The first-order chi connectivity index (χ1) is 16.4. The first-order valence-electron chi connectivity index (χ1n) is 13.7. The van der Waals surface area contributed by atoms with Crippen LogP contribution in [0.4, 0.5) is 0 Å². The van der Waals surface area contributed by atoms with Crippen molar-refractivity contribution < 1.29 is 29.4 Å². The van der Waals surface area contributed by atoms with E-state index in [1.807, 2.05) is 34.6 Å². The van der Waals surface area contributed by atoms with E-state index >= 15 is 0 Å². The molecule has 0 aromatic rings. The predicted octanol–water partition coefficient (Wildman–Crippen LogP) is 4.74. The Kier molecular flexibility index (Phi) is 9.70. The van der Waals surface area contributed by atoms with E-state index in [0.717, 1.165) is 6.42 Å². The monoisotopic (exact) mass is 512 g/mol. The first-order valence-corrected chi connectivity index (χ1v) is 13.7. The van der Waals surface area contributed by atoms with Gasteiger partial charge in [-0.3, -0.25) is 9.59 Å². The Labute approximate surface area is 218 Å². The molecule has 36 heavy (non-hydrogen) atoms. The summed E-state index contributed by atoms with van der Waals surface area (Å²) in [6.45, 7) is 17.9. The number of nitrogens with zero attached hydrogens (tertiary/aromatic N) is 1. The van der Waals surface area contributed by atoms with Gasteiger partial charge >= 0.3 is 11.9 Å². The molecular formula is C28H52N2O6. The molecule has 0 bridgehead atoms. The number of rotatable bonds is 10. The van der Waals surface area contributed by atoms with Crippen LogP contribution < -0.4 is 5.32 Å². The molecule has 8 heteroatoms. The van der Waals surface area contributed by atoms with E-state index < -0.39 is 34.5 Å². The molecule has 0 amide bonds. The number of carbonyl (C=O) groups excluding carboxylic acids is 2. The molecule has 0 spiro atoms. The Balaban J connectivity index is 2.33. The second-order valence-electron chi connectivity index (χ2n) is 13.7. The number of aliphatic hydroxyl groups excluding tert-OH is 1. The van der Waals surface area contributed by atoms with Gasteiger partial charge in [0, 0.05) is 54.4 Å². The minimum Gasteiger partial charge on any atom is -0.461 e. The van der Waals surface area contributed by atoms with Crippen molar-refractivity contribution in [2.24, 2.45) is 5.41 Å². The third-order valence-electron chi connectivity index (χ3n) is 7.80. The maximum atomic E-state index is 13.9. The highest BCUT2D eigenvalue weighted by Crippen LogP contribution is 2.41. The highest BCUT2D eigenvalue weighted by molar-refractivity contribution is 6.00. The number of piperidine rings is 2. The van der Waals surface area contributed by atoms with E-state index in [1.165, 1.54) is 5.06 Å². The van der Waals surface area contributed by atoms with Crippen molar-refractivity contribution in [3.05, 3.63) is 0 Å². The third kappa shape index (κ3) is 7.42. The molecule has 2 heterocycles. The topological polar surface area (TPSA) is 108 Å². The lowest BCUT2D eigenvalue weighted by molar-refractivity contribution is -0.260. The molecule has 0 aromatic heterocycles. The number of hydrogen-bond donors (Lipinski definition) is 3. The van der Waals surface area contributed by atoms with Crippen molar-refractivity contribution in [1.29, 1.82) is 0 Å². The summed E-state index contributed by atoms with van der Waals surface area (Å²) in [4.78, 5) is 27.8. The average Bonchev–Trinajstić information content (AvgIpc) is 2.69. The van der Waals surface area contributed by atoms with Crippen LogP contribution in [0.25, 0.3) is 0 Å². The van der Waals surface area contributed by atoms with Crippen LogP contribution in [0, 0.1) is 5.41 Å². The standard InChI is InChI=1S/C28H52N2O6/c1-10-11-13-28(14-12-15-31,22(32)35-20-16-24(2,3)29-25(4,5)17-20)23(33)36-21-18-26(6,7)30(34)27(8,9)19-21/h20-21,29,31,34H,10-19H2,1-9H3. The van der Waals surface area contributed by atoms with E-state index in [4.69, 9.17) is 9.47 Å². The number of ether oxygens (including phenoxy) is 2. The quantitative estimate of drug-likeness (QED) is 0.284.